The molecule has 0 saturated heterocycles. The van der Waals surface area contributed by atoms with E-state index in [9.17, 15) is 4.79 Å². The van der Waals surface area contributed by atoms with Gasteiger partial charge in [-0.2, -0.15) is 0 Å². The molecular weight excluding hydrogens is 214 g/mol. The monoisotopic (exact) mass is 235 g/mol. The second-order valence-corrected chi connectivity index (χ2v) is 4.81. The summed E-state index contributed by atoms with van der Waals surface area (Å²) in [5.74, 6) is 0.0312. The van der Waals surface area contributed by atoms with E-state index >= 15 is 0 Å². The minimum absolute atomic E-state index is 0.0312. The fourth-order valence-corrected chi connectivity index (χ4v) is 2.33. The molecule has 2 rings (SSSR count). The van der Waals surface area contributed by atoms with Gasteiger partial charge in [-0.25, -0.2) is 0 Å². The molecule has 1 heterocycles. The van der Waals surface area contributed by atoms with E-state index in [4.69, 9.17) is 5.73 Å². The van der Waals surface area contributed by atoms with Gasteiger partial charge in [-0.15, -0.1) is 0 Å². The molecule has 0 unspecified atom stereocenters. The average molecular weight is 235 g/mol. The fourth-order valence-electron chi connectivity index (χ4n) is 2.33. The maximum Gasteiger partial charge on any atom is 0.221 e. The summed E-state index contributed by atoms with van der Waals surface area (Å²) in [6, 6.07) is 2.87. The van der Waals surface area contributed by atoms with Crippen LogP contribution in [0.2, 0.25) is 0 Å². The summed E-state index contributed by atoms with van der Waals surface area (Å²) in [6.45, 7) is 5.30. The number of aryl methyl sites for hydroxylation is 1. The van der Waals surface area contributed by atoms with Crippen molar-refractivity contribution in [3.63, 3.8) is 0 Å². The van der Waals surface area contributed by atoms with Crippen LogP contribution in [-0.4, -0.2) is 17.0 Å². The van der Waals surface area contributed by atoms with E-state index in [0.717, 1.165) is 0 Å². The summed E-state index contributed by atoms with van der Waals surface area (Å²) < 4.78 is 2.39. The number of amides is 1. The van der Waals surface area contributed by atoms with Gasteiger partial charge >= 0.3 is 0 Å². The number of carbonyl (C=O) groups is 1. The van der Waals surface area contributed by atoms with Crippen LogP contribution in [0.5, 0.6) is 0 Å². The number of carbonyl (C=O) groups excluding carboxylic acids is 1. The Morgan fingerprint density at radius 1 is 1.53 bits per heavy atom. The molecule has 0 radical (unpaired) electrons. The lowest BCUT2D eigenvalue weighted by Gasteiger charge is -2.08. The lowest BCUT2D eigenvalue weighted by Crippen LogP contribution is -2.25. The van der Waals surface area contributed by atoms with E-state index in [1.54, 1.807) is 0 Å². The highest BCUT2D eigenvalue weighted by molar-refractivity contribution is 5.76. The van der Waals surface area contributed by atoms with Crippen LogP contribution in [0, 0.1) is 13.8 Å². The second kappa shape index (κ2) is 4.92. The zero-order valence-corrected chi connectivity index (χ0v) is 10.6. The Hall–Kier alpha value is -1.29. The van der Waals surface area contributed by atoms with E-state index < -0.39 is 0 Å². The van der Waals surface area contributed by atoms with Crippen LogP contribution in [0.1, 0.15) is 42.3 Å². The molecule has 0 aromatic carbocycles. The third-order valence-corrected chi connectivity index (χ3v) is 3.35. The van der Waals surface area contributed by atoms with Crippen molar-refractivity contribution in [1.29, 1.82) is 0 Å². The Morgan fingerprint density at radius 2 is 2.24 bits per heavy atom. The van der Waals surface area contributed by atoms with E-state index in [2.05, 4.69) is 29.8 Å². The van der Waals surface area contributed by atoms with Crippen molar-refractivity contribution in [2.45, 2.75) is 45.7 Å². The maximum absolute atomic E-state index is 11.4. The van der Waals surface area contributed by atoms with Crippen molar-refractivity contribution in [3.05, 3.63) is 23.0 Å². The van der Waals surface area contributed by atoms with Crippen molar-refractivity contribution < 1.29 is 4.79 Å². The van der Waals surface area contributed by atoms with Gasteiger partial charge in [-0.3, -0.25) is 4.79 Å². The summed E-state index contributed by atoms with van der Waals surface area (Å²) in [7, 11) is 0. The Morgan fingerprint density at radius 3 is 2.82 bits per heavy atom. The quantitative estimate of drug-likeness (QED) is 0.810. The van der Waals surface area contributed by atoms with Crippen LogP contribution in [-0.2, 0) is 11.3 Å². The van der Waals surface area contributed by atoms with E-state index in [-0.39, 0.29) is 5.91 Å². The van der Waals surface area contributed by atoms with Crippen LogP contribution >= 0.6 is 0 Å². The average Bonchev–Trinajstić information content (AvgIpc) is 3.05. The lowest BCUT2D eigenvalue weighted by atomic mass is 10.2. The minimum Gasteiger partial charge on any atom is -0.352 e. The first-order chi connectivity index (χ1) is 8.13. The molecule has 1 saturated carbocycles. The number of nitrogens with one attached hydrogen (secondary N) is 1. The molecule has 94 valence electrons. The minimum atomic E-state index is 0.0312. The Kier molecular flexibility index (Phi) is 3.52. The number of aromatic nitrogens is 1. The van der Waals surface area contributed by atoms with Crippen LogP contribution in [0.4, 0.5) is 0 Å². The predicted octanol–water partition coefficient (Wildman–Crippen LogP) is 1.40. The van der Waals surface area contributed by atoms with E-state index in [1.165, 1.54) is 29.8 Å². The van der Waals surface area contributed by atoms with Gasteiger partial charge in [0.2, 0.25) is 5.91 Å². The molecule has 4 nitrogen and oxygen atoms in total. The van der Waals surface area contributed by atoms with Gasteiger partial charge in [0.1, 0.15) is 0 Å². The summed E-state index contributed by atoms with van der Waals surface area (Å²) >= 11 is 0. The number of nitrogens with zero attached hydrogens (tertiary/aromatic N) is 1. The zero-order valence-electron chi connectivity index (χ0n) is 10.6. The van der Waals surface area contributed by atoms with Crippen LogP contribution in [0.15, 0.2) is 6.07 Å². The summed E-state index contributed by atoms with van der Waals surface area (Å²) in [4.78, 5) is 11.4. The largest absolute Gasteiger partial charge is 0.352 e. The fraction of sp³-hybridized carbons (Fsp3) is 0.615. The first-order valence-electron chi connectivity index (χ1n) is 6.27. The topological polar surface area (TPSA) is 60.1 Å². The van der Waals surface area contributed by atoms with Gasteiger partial charge in [-0.1, -0.05) is 0 Å². The van der Waals surface area contributed by atoms with Gasteiger partial charge in [0.15, 0.2) is 0 Å². The molecule has 1 aromatic heterocycles. The predicted molar refractivity (Wildman–Crippen MR) is 67.7 cm³/mol. The maximum atomic E-state index is 11.4. The van der Waals surface area contributed by atoms with Crippen molar-refractivity contribution in [2.75, 3.05) is 6.54 Å². The molecule has 17 heavy (non-hydrogen) atoms. The molecule has 0 bridgehead atoms. The Labute approximate surface area is 102 Å². The molecule has 1 aromatic rings. The van der Waals surface area contributed by atoms with Crippen molar-refractivity contribution >= 4 is 5.91 Å². The van der Waals surface area contributed by atoms with Crippen molar-refractivity contribution in [3.8, 4) is 0 Å². The molecule has 0 spiro atoms. The van der Waals surface area contributed by atoms with Crippen molar-refractivity contribution in [1.82, 2.24) is 9.88 Å². The number of hydrogen-bond acceptors (Lipinski definition) is 2. The number of rotatable bonds is 5. The molecular formula is C13H21N3O. The lowest BCUT2D eigenvalue weighted by molar-refractivity contribution is -0.121. The molecule has 1 amide bonds. The van der Waals surface area contributed by atoms with Crippen molar-refractivity contribution in [2.24, 2.45) is 5.73 Å². The normalized spacial score (nSPS) is 15.0. The Balaban J connectivity index is 2.01. The van der Waals surface area contributed by atoms with Gasteiger partial charge in [-0.05, 0) is 38.3 Å². The SMILES string of the molecule is Cc1cc(CNC(=O)CCN)c(C)n1C1CC1. The molecule has 3 N–H and O–H groups in total. The molecule has 0 atom stereocenters. The van der Waals surface area contributed by atoms with Crippen LogP contribution in [0.3, 0.4) is 0 Å². The zero-order chi connectivity index (χ0) is 12.4. The summed E-state index contributed by atoms with van der Waals surface area (Å²) in [5.41, 5.74) is 9.15. The standard InChI is InChI=1S/C13H21N3O/c1-9-7-11(8-15-13(17)5-6-14)10(2)16(9)12-3-4-12/h7,12H,3-6,8,14H2,1-2H3,(H,15,17). The summed E-state index contributed by atoms with van der Waals surface area (Å²) in [6.07, 6.45) is 2.98. The first-order valence-corrected chi connectivity index (χ1v) is 6.27. The van der Waals surface area contributed by atoms with Gasteiger partial charge in [0.25, 0.3) is 0 Å². The molecule has 0 aliphatic heterocycles. The van der Waals surface area contributed by atoms with Crippen LogP contribution in [0.25, 0.3) is 0 Å². The highest BCUT2D eigenvalue weighted by atomic mass is 16.1. The van der Waals surface area contributed by atoms with Gasteiger partial charge < -0.3 is 15.6 Å². The third kappa shape index (κ3) is 2.69. The smallest absolute Gasteiger partial charge is 0.221 e. The third-order valence-electron chi connectivity index (χ3n) is 3.35. The van der Waals surface area contributed by atoms with E-state index in [1.807, 2.05) is 0 Å². The highest BCUT2D eigenvalue weighted by Crippen LogP contribution is 2.38. The highest BCUT2D eigenvalue weighted by Gasteiger charge is 2.26. The van der Waals surface area contributed by atoms with Crippen LogP contribution < -0.4 is 11.1 Å². The molecule has 1 aliphatic carbocycles. The van der Waals surface area contributed by atoms with E-state index in [0.29, 0.717) is 25.6 Å². The number of hydrogen-bond donors (Lipinski definition) is 2. The Bertz CT molecular complexity index is 419. The molecule has 1 fully saturated rings. The van der Waals surface area contributed by atoms with Gasteiger partial charge in [0, 0.05) is 36.9 Å². The number of nitrogens with two attached hydrogens (primary N) is 1. The first kappa shape index (κ1) is 12.2. The molecule has 4 heteroatoms. The summed E-state index contributed by atoms with van der Waals surface area (Å²) in [5, 5.41) is 2.91. The van der Waals surface area contributed by atoms with Gasteiger partial charge in [0.05, 0.1) is 0 Å². The molecule has 1 aliphatic rings. The second-order valence-electron chi connectivity index (χ2n) is 4.81.